The minimum Gasteiger partial charge on any atom is -0.481 e. The highest BCUT2D eigenvalue weighted by Crippen LogP contribution is 2.21. The van der Waals surface area contributed by atoms with Crippen LogP contribution in [0.2, 0.25) is 0 Å². The molecule has 0 aliphatic carbocycles. The van der Waals surface area contributed by atoms with Gasteiger partial charge < -0.3 is 116 Å². The second-order valence-corrected chi connectivity index (χ2v) is 27.4. The Morgan fingerprint density at radius 2 is 1.04 bits per heavy atom. The lowest BCUT2D eigenvalue weighted by Gasteiger charge is -2.30. The summed E-state index contributed by atoms with van der Waals surface area (Å²) in [6.07, 6.45) is -1.26. The molecule has 1 fully saturated rings. The van der Waals surface area contributed by atoms with Crippen molar-refractivity contribution in [1.82, 2.24) is 74.1 Å². The van der Waals surface area contributed by atoms with Crippen molar-refractivity contribution in [2.75, 3.05) is 19.6 Å². The number of primary amides is 2. The lowest BCUT2D eigenvalue weighted by Crippen LogP contribution is -2.61. The van der Waals surface area contributed by atoms with Gasteiger partial charge in [0.1, 0.15) is 72.6 Å². The van der Waals surface area contributed by atoms with Crippen molar-refractivity contribution in [2.45, 2.75) is 236 Å². The van der Waals surface area contributed by atoms with Gasteiger partial charge in [-0.15, -0.1) is 0 Å². The van der Waals surface area contributed by atoms with E-state index in [0.717, 1.165) is 52.4 Å². The van der Waals surface area contributed by atoms with Gasteiger partial charge in [-0.2, -0.15) is 0 Å². The Morgan fingerprint density at radius 1 is 0.527 bits per heavy atom. The number of hydrogen-bond donors (Lipinski definition) is 21. The molecule has 0 spiro atoms. The average Bonchev–Trinajstić information content (AvgIpc) is 1.60. The second kappa shape index (κ2) is 47.9. The number of carbonyl (C=O) groups excluding carboxylic acids is 16. The van der Waals surface area contributed by atoms with Crippen LogP contribution < -0.4 is 86.3 Å². The van der Waals surface area contributed by atoms with Crippen molar-refractivity contribution in [3.05, 3.63) is 36.0 Å². The molecule has 1 aromatic heterocycles. The third-order valence-corrected chi connectivity index (χ3v) is 17.7. The molecular weight excluding hydrogens is 1480 g/mol. The first-order chi connectivity index (χ1) is 52.7. The quantitative estimate of drug-likeness (QED) is 0.0224. The van der Waals surface area contributed by atoms with Gasteiger partial charge in [0.15, 0.2) is 0 Å². The van der Waals surface area contributed by atoms with Crippen molar-refractivity contribution < 1.29 is 121 Å². The zero-order valence-electron chi connectivity index (χ0n) is 63.1. The number of para-hydroxylation sites is 1. The van der Waals surface area contributed by atoms with Gasteiger partial charge in [0, 0.05) is 36.4 Å². The number of unbranched alkanes of at least 4 members (excludes halogenated alkanes) is 5. The number of benzene rings is 1. The zero-order chi connectivity index (χ0) is 84.1. The third kappa shape index (κ3) is 34.4. The number of carboxylic acid groups (broad SMARTS) is 4. The summed E-state index contributed by atoms with van der Waals surface area (Å²) < 4.78 is 5.65. The molecule has 2 heterocycles. The van der Waals surface area contributed by atoms with Crippen molar-refractivity contribution >= 4 is 129 Å². The van der Waals surface area contributed by atoms with Crippen LogP contribution in [-0.4, -0.2) is 236 Å². The van der Waals surface area contributed by atoms with E-state index in [2.05, 4.69) is 77.3 Å². The monoisotopic (exact) mass is 1580 g/mol. The Bertz CT molecular complexity index is 3720. The number of aliphatic carboxylic acids is 4. The largest absolute Gasteiger partial charge is 0.481 e. The topological polar surface area (TPSA) is 682 Å². The number of nitrogens with two attached hydrogens (primary N) is 3. The van der Waals surface area contributed by atoms with E-state index in [1.807, 2.05) is 10.6 Å². The van der Waals surface area contributed by atoms with Gasteiger partial charge in [0.05, 0.1) is 45.2 Å². The first kappa shape index (κ1) is 94.3. The zero-order valence-corrected chi connectivity index (χ0v) is 63.1. The number of carbonyl (C=O) groups is 20. The number of aromatic nitrogens is 1. The van der Waals surface area contributed by atoms with Crippen LogP contribution in [0, 0.1) is 11.8 Å². The lowest BCUT2D eigenvalue weighted by atomic mass is 9.99. The van der Waals surface area contributed by atoms with E-state index >= 15 is 0 Å². The van der Waals surface area contributed by atoms with Gasteiger partial charge in [-0.05, 0) is 69.5 Å². The van der Waals surface area contributed by atoms with Crippen LogP contribution in [0.15, 0.2) is 30.5 Å². The number of aromatic amines is 1. The van der Waals surface area contributed by atoms with Crippen LogP contribution in [-0.2, 0) is 107 Å². The summed E-state index contributed by atoms with van der Waals surface area (Å²) in [6.45, 7) is 6.42. The smallest absolute Gasteiger partial charge is 0.329 e. The molecule has 1 saturated heterocycles. The van der Waals surface area contributed by atoms with Gasteiger partial charge in [-0.3, -0.25) is 91.1 Å². The third-order valence-electron chi connectivity index (χ3n) is 17.7. The van der Waals surface area contributed by atoms with E-state index in [4.69, 9.17) is 21.9 Å². The van der Waals surface area contributed by atoms with E-state index in [9.17, 15) is 116 Å². The molecule has 1 aromatic carbocycles. The van der Waals surface area contributed by atoms with Gasteiger partial charge in [0.25, 0.3) is 0 Å². The highest BCUT2D eigenvalue weighted by molar-refractivity contribution is 6.02. The Morgan fingerprint density at radius 3 is 1.62 bits per heavy atom. The predicted octanol–water partition coefficient (Wildman–Crippen LogP) is -5.16. The van der Waals surface area contributed by atoms with Crippen LogP contribution in [0.1, 0.15) is 163 Å². The average molecular weight is 1580 g/mol. The van der Waals surface area contributed by atoms with Gasteiger partial charge in [-0.1, -0.05) is 90.8 Å². The highest BCUT2D eigenvalue weighted by Gasteiger charge is 2.40. The number of fused-ring (bicyclic) bond motifs is 1. The van der Waals surface area contributed by atoms with Crippen molar-refractivity contribution in [1.29, 1.82) is 0 Å². The number of cyclic esters (lactones) is 1. The molecule has 13 unspecified atom stereocenters. The number of nitrogens with one attached hydrogen (secondary N) is 14. The lowest BCUT2D eigenvalue weighted by molar-refractivity contribution is -0.157. The number of H-pyrrole nitrogens is 1. The molecule has 1 aliphatic rings. The van der Waals surface area contributed by atoms with E-state index in [1.165, 1.54) is 13.8 Å². The normalized spacial score (nSPS) is 21.5. The molecule has 13 atom stereocenters. The molecular formula is C70H105N17O25. The molecule has 3 rings (SSSR count). The fourth-order valence-corrected chi connectivity index (χ4v) is 11.3. The van der Waals surface area contributed by atoms with Crippen molar-refractivity contribution in [2.24, 2.45) is 29.0 Å². The number of carboxylic acids is 4. The van der Waals surface area contributed by atoms with Crippen molar-refractivity contribution in [3.63, 3.8) is 0 Å². The maximum Gasteiger partial charge on any atom is 0.329 e. The predicted molar refractivity (Wildman–Crippen MR) is 391 cm³/mol. The maximum atomic E-state index is 14.6. The van der Waals surface area contributed by atoms with Crippen LogP contribution in [0.5, 0.6) is 0 Å². The molecule has 0 bridgehead atoms. The number of rotatable bonds is 36. The molecule has 42 heteroatoms. The minimum absolute atomic E-state index is 0.00169. The van der Waals surface area contributed by atoms with E-state index in [1.54, 1.807) is 30.5 Å². The highest BCUT2D eigenvalue weighted by atomic mass is 16.5. The number of esters is 1. The first-order valence-electron chi connectivity index (χ1n) is 36.5. The summed E-state index contributed by atoms with van der Waals surface area (Å²) in [5.41, 5.74) is 17.8. The summed E-state index contributed by atoms with van der Waals surface area (Å²) in [4.78, 5) is 272. The van der Waals surface area contributed by atoms with Gasteiger partial charge in [0.2, 0.25) is 88.6 Å². The number of ether oxygens (including phenoxy) is 1. The van der Waals surface area contributed by atoms with E-state index in [-0.39, 0.29) is 32.2 Å². The maximum absolute atomic E-state index is 14.6. The Labute approximate surface area is 643 Å². The van der Waals surface area contributed by atoms with Crippen LogP contribution >= 0.6 is 0 Å². The Hall–Kier alpha value is -11.9. The summed E-state index contributed by atoms with van der Waals surface area (Å²) >= 11 is 0. The molecule has 0 saturated carbocycles. The standard InChI is InChI=1S/C70H105N17O25/c1-7-35(4)17-12-10-8-9-11-13-21-51(90)79-43(25-38-31-74-40-19-15-14-18-39(38)40)65(106)83-45(27-50(73)89)67(108)85-48(30-57(99)100)68(109)87-59-37(6)112-70(111)58(34(2)3)86-63(104)42(22-23-54(93)94)81-66(107)44(26-49(72)88)80-53(92)32-75-61(102)46(28-55(95)96)82-60(101)36(5)77-64(105)47(29-56(97)98)84-62(103)41(20-16-24-71)78-52(91)33-76-69(59)110/h14-15,18-19,31,34-37,41-48,58-59,74H,7-13,16-17,20-30,32-33,71H2,1-6H3,(H2,72,88)(H2,73,89)(H,75,102)(H,76,110)(H,77,105)(H,78,91)(H,79,90)(H,80,92)(H,81,107)(H,82,101)(H,83,106)(H,84,103)(H,85,108)(H,86,104)(H,87,109)(H,93,94)(H,95,96)(H,97,98)(H,99,100). The second-order valence-electron chi connectivity index (χ2n) is 27.4. The molecule has 15 amide bonds. The summed E-state index contributed by atoms with van der Waals surface area (Å²) in [7, 11) is 0. The Balaban J connectivity index is 2.17. The van der Waals surface area contributed by atoms with Crippen LogP contribution in [0.25, 0.3) is 10.9 Å². The summed E-state index contributed by atoms with van der Waals surface area (Å²) in [5.74, 6) is -27.9. The molecule has 1 aliphatic heterocycles. The summed E-state index contributed by atoms with van der Waals surface area (Å²) in [6, 6.07) is -14.7. The Kier molecular flexibility index (Phi) is 40.4. The molecule has 0 radical (unpaired) electrons. The van der Waals surface area contributed by atoms with Crippen molar-refractivity contribution in [3.8, 4) is 0 Å². The SMILES string of the molecule is CCC(C)CCCCCCCCC(=O)NC(Cc1c[nH]c2ccccc12)C(=O)NC(CC(N)=O)C(=O)NC(CC(=O)O)C(=O)NC1C(=O)NCC(=O)NC(CCCN)C(=O)NC(CC(=O)O)C(=O)NC(C)C(=O)NC(CC(=O)O)C(=O)NCC(=O)NC(CC(N)=O)C(=O)NC(CCC(=O)O)C(=O)NC(C(C)C)C(=O)OC1C. The molecule has 24 N–H and O–H groups in total. The first-order valence-corrected chi connectivity index (χ1v) is 36.5. The number of hydrogen-bond acceptors (Lipinski definition) is 22. The molecule has 620 valence electrons. The van der Waals surface area contributed by atoms with Crippen LogP contribution in [0.3, 0.4) is 0 Å². The minimum atomic E-state index is -2.33. The van der Waals surface area contributed by atoms with E-state index < -0.39 is 255 Å². The number of amides is 15. The van der Waals surface area contributed by atoms with E-state index in [0.29, 0.717) is 35.2 Å². The summed E-state index contributed by atoms with van der Waals surface area (Å²) in [5, 5.41) is 68.3. The van der Waals surface area contributed by atoms with Gasteiger partial charge >= 0.3 is 29.8 Å². The van der Waals surface area contributed by atoms with Crippen LogP contribution in [0.4, 0.5) is 0 Å². The fourth-order valence-electron chi connectivity index (χ4n) is 11.3. The fraction of sp³-hybridized carbons (Fsp3) is 0.600. The molecule has 42 nitrogen and oxygen atoms in total. The van der Waals surface area contributed by atoms with Gasteiger partial charge in [-0.25, -0.2) is 4.79 Å². The molecule has 2 aromatic rings. The molecule has 112 heavy (non-hydrogen) atoms.